The quantitative estimate of drug-likeness (QED) is 0.604. The first-order valence-corrected chi connectivity index (χ1v) is 2.93. The number of nitriles is 1. The zero-order chi connectivity index (χ0) is 6.85. The van der Waals surface area contributed by atoms with Gasteiger partial charge in [-0.15, -0.1) is 0 Å². The molecule has 0 saturated heterocycles. The summed E-state index contributed by atoms with van der Waals surface area (Å²) in [6, 6.07) is 1.86. The Bertz CT molecular complexity index is 258. The van der Waals surface area contributed by atoms with E-state index in [1.54, 1.807) is 0 Å². The average Bonchev–Trinajstić information content (AvgIpc) is 2.10. The first kappa shape index (κ1) is 6.30. The standard InChI is InChI=1S/C5H2BrN3/c1-9-3-4(6)5(2-7)8-9/h1,3H. The lowest BCUT2D eigenvalue weighted by atomic mass is 10.5. The molecule has 0 unspecified atom stereocenters. The third-order valence-corrected chi connectivity index (χ3v) is 1.37. The molecule has 0 aromatic carbocycles. The third kappa shape index (κ3) is 1.11. The summed E-state index contributed by atoms with van der Waals surface area (Å²) in [5.41, 5.74) is 0.303. The van der Waals surface area contributed by atoms with E-state index in [-0.39, 0.29) is 0 Å². The largest absolute Gasteiger partial charge is 0.263 e. The molecule has 0 bridgehead atoms. The van der Waals surface area contributed by atoms with Crippen molar-refractivity contribution in [1.82, 2.24) is 9.78 Å². The highest BCUT2D eigenvalue weighted by molar-refractivity contribution is 9.10. The Balaban J connectivity index is 3.20. The molecule has 1 aromatic heterocycles. The van der Waals surface area contributed by atoms with Crippen LogP contribution in [0.3, 0.4) is 0 Å². The maximum atomic E-state index is 8.32. The van der Waals surface area contributed by atoms with Crippen molar-refractivity contribution >= 4 is 15.9 Å². The van der Waals surface area contributed by atoms with E-state index in [1.807, 2.05) is 6.07 Å². The van der Waals surface area contributed by atoms with Crippen LogP contribution in [0, 0.1) is 18.4 Å². The number of hydrogen-bond donors (Lipinski definition) is 0. The maximum absolute atomic E-state index is 8.32. The second kappa shape index (κ2) is 2.19. The summed E-state index contributed by atoms with van der Waals surface area (Å²) < 4.78 is 1.70. The minimum atomic E-state index is 0.303. The fraction of sp³-hybridized carbons (Fsp3) is 0. The van der Waals surface area contributed by atoms with E-state index in [9.17, 15) is 0 Å². The van der Waals surface area contributed by atoms with Crippen molar-refractivity contribution in [2.75, 3.05) is 0 Å². The number of rotatable bonds is 0. The molecule has 0 aliphatic heterocycles. The van der Waals surface area contributed by atoms with Gasteiger partial charge in [0.25, 0.3) is 0 Å². The van der Waals surface area contributed by atoms with Crippen LogP contribution < -0.4 is 0 Å². The Kier molecular flexibility index (Phi) is 1.54. The second-order valence-electron chi connectivity index (χ2n) is 1.42. The Morgan fingerprint density at radius 2 is 2.56 bits per heavy atom. The molecule has 0 spiro atoms. The average molecular weight is 184 g/mol. The van der Waals surface area contributed by atoms with Crippen molar-refractivity contribution in [3.05, 3.63) is 23.4 Å². The molecule has 0 aliphatic rings. The van der Waals surface area contributed by atoms with Gasteiger partial charge in [0.05, 0.1) is 4.47 Å². The van der Waals surface area contributed by atoms with E-state index in [2.05, 4.69) is 21.0 Å². The van der Waals surface area contributed by atoms with E-state index >= 15 is 0 Å². The van der Waals surface area contributed by atoms with Gasteiger partial charge in [-0.1, -0.05) is 0 Å². The Morgan fingerprint density at radius 3 is 2.78 bits per heavy atom. The summed E-state index contributed by atoms with van der Waals surface area (Å²) >= 11 is 3.09. The van der Waals surface area contributed by atoms with Crippen LogP contribution in [-0.4, -0.2) is 9.78 Å². The van der Waals surface area contributed by atoms with Gasteiger partial charge < -0.3 is 0 Å². The van der Waals surface area contributed by atoms with Gasteiger partial charge in [0, 0.05) is 6.20 Å². The van der Waals surface area contributed by atoms with Crippen LogP contribution in [0.4, 0.5) is 0 Å². The van der Waals surface area contributed by atoms with Gasteiger partial charge in [-0.25, -0.2) is 0 Å². The maximum Gasteiger partial charge on any atom is 0.176 e. The number of hydrogen-bond acceptors (Lipinski definition) is 2. The van der Waals surface area contributed by atoms with Crippen LogP contribution in [0.15, 0.2) is 10.7 Å². The predicted molar refractivity (Wildman–Crippen MR) is 34.3 cm³/mol. The van der Waals surface area contributed by atoms with Gasteiger partial charge in [-0.2, -0.15) is 10.4 Å². The van der Waals surface area contributed by atoms with Crippen LogP contribution in [-0.2, 0) is 0 Å². The minimum Gasteiger partial charge on any atom is -0.263 e. The molecular formula is C5H2BrN3. The predicted octanol–water partition coefficient (Wildman–Crippen LogP) is 1.03. The molecule has 44 valence electrons. The Labute approximate surface area is 61.0 Å². The van der Waals surface area contributed by atoms with Crippen LogP contribution in [0.25, 0.3) is 0 Å². The normalized spacial score (nSPS) is 9.00. The highest BCUT2D eigenvalue weighted by atomic mass is 79.9. The zero-order valence-electron chi connectivity index (χ0n) is 4.37. The van der Waals surface area contributed by atoms with Gasteiger partial charge in [0.1, 0.15) is 13.1 Å². The minimum absolute atomic E-state index is 0.303. The summed E-state index contributed by atoms with van der Waals surface area (Å²) in [5.74, 6) is 0. The summed E-state index contributed by atoms with van der Waals surface area (Å²) in [6.07, 6.45) is 1.51. The molecule has 0 amide bonds. The van der Waals surface area contributed by atoms with Crippen LogP contribution in [0.2, 0.25) is 0 Å². The number of halogens is 1. The first-order valence-electron chi connectivity index (χ1n) is 2.14. The lowest BCUT2D eigenvalue weighted by molar-refractivity contribution is 0.870. The van der Waals surface area contributed by atoms with E-state index in [1.165, 1.54) is 6.20 Å². The van der Waals surface area contributed by atoms with E-state index < -0.39 is 0 Å². The fourth-order valence-corrected chi connectivity index (χ4v) is 0.823. The summed E-state index contributed by atoms with van der Waals surface area (Å²) in [4.78, 5) is 0. The van der Waals surface area contributed by atoms with Gasteiger partial charge in [-0.3, -0.25) is 4.68 Å². The second-order valence-corrected chi connectivity index (χ2v) is 2.27. The van der Waals surface area contributed by atoms with Gasteiger partial charge in [0.2, 0.25) is 0 Å². The van der Waals surface area contributed by atoms with Gasteiger partial charge in [0.15, 0.2) is 5.69 Å². The highest BCUT2D eigenvalue weighted by Gasteiger charge is 2.00. The molecule has 3 nitrogen and oxygen atoms in total. The Hall–Kier alpha value is -0.820. The molecule has 2 radical (unpaired) electrons. The smallest absolute Gasteiger partial charge is 0.176 e. The lowest BCUT2D eigenvalue weighted by Crippen LogP contribution is -1.83. The van der Waals surface area contributed by atoms with Crippen molar-refractivity contribution in [2.45, 2.75) is 0 Å². The molecule has 9 heavy (non-hydrogen) atoms. The third-order valence-electron chi connectivity index (χ3n) is 0.793. The number of nitrogens with zero attached hydrogens (tertiary/aromatic N) is 3. The van der Waals surface area contributed by atoms with Crippen molar-refractivity contribution in [3.63, 3.8) is 0 Å². The van der Waals surface area contributed by atoms with Crippen molar-refractivity contribution in [3.8, 4) is 6.07 Å². The van der Waals surface area contributed by atoms with Crippen molar-refractivity contribution in [2.24, 2.45) is 0 Å². The van der Waals surface area contributed by atoms with E-state index in [0.29, 0.717) is 10.2 Å². The molecule has 0 fully saturated rings. The molecule has 0 saturated carbocycles. The van der Waals surface area contributed by atoms with Gasteiger partial charge in [-0.05, 0) is 15.9 Å². The molecule has 0 N–H and O–H groups in total. The molecular weight excluding hydrogens is 182 g/mol. The summed E-state index contributed by atoms with van der Waals surface area (Å²) in [5, 5.41) is 11.9. The number of aromatic nitrogens is 2. The molecule has 0 aliphatic carbocycles. The van der Waals surface area contributed by atoms with Gasteiger partial charge >= 0.3 is 0 Å². The van der Waals surface area contributed by atoms with Crippen LogP contribution in [0.1, 0.15) is 5.69 Å². The van der Waals surface area contributed by atoms with Crippen molar-refractivity contribution in [1.29, 1.82) is 5.26 Å². The van der Waals surface area contributed by atoms with Crippen molar-refractivity contribution < 1.29 is 0 Å². The van der Waals surface area contributed by atoms with E-state index in [4.69, 9.17) is 12.3 Å². The van der Waals surface area contributed by atoms with Crippen LogP contribution >= 0.6 is 15.9 Å². The summed E-state index contributed by atoms with van der Waals surface area (Å²) in [6.45, 7) is 0. The molecule has 0 atom stereocenters. The lowest BCUT2D eigenvalue weighted by Gasteiger charge is -1.77. The zero-order valence-corrected chi connectivity index (χ0v) is 5.96. The molecule has 1 rings (SSSR count). The fourth-order valence-electron chi connectivity index (χ4n) is 0.445. The highest BCUT2D eigenvalue weighted by Crippen LogP contribution is 2.12. The topological polar surface area (TPSA) is 41.6 Å². The van der Waals surface area contributed by atoms with E-state index in [0.717, 1.165) is 4.68 Å². The molecule has 1 heterocycles. The molecule has 4 heteroatoms. The van der Waals surface area contributed by atoms with Crippen LogP contribution in [0.5, 0.6) is 0 Å². The Morgan fingerprint density at radius 1 is 1.89 bits per heavy atom. The summed E-state index contributed by atoms with van der Waals surface area (Å²) in [7, 11) is 5.18. The monoisotopic (exact) mass is 183 g/mol. The first-order chi connectivity index (χ1) is 4.24. The SMILES string of the molecule is [CH]n1cc(Br)c(C#N)n1. The molecule has 1 aromatic rings.